The minimum absolute atomic E-state index is 0. The molecule has 0 nitrogen and oxygen atoms in total. The van der Waals surface area contributed by atoms with Gasteiger partial charge in [-0.1, -0.05) is 0 Å². The summed E-state index contributed by atoms with van der Waals surface area (Å²) in [6.07, 6.45) is 16.7. The zero-order valence-corrected chi connectivity index (χ0v) is 43.8. The fourth-order valence-corrected chi connectivity index (χ4v) is 22.4. The molecule has 0 unspecified atom stereocenters. The summed E-state index contributed by atoms with van der Waals surface area (Å²) in [4.78, 5) is 0. The van der Waals surface area contributed by atoms with Crippen molar-refractivity contribution in [2.75, 3.05) is 0 Å². The average molecular weight is 985 g/mol. The van der Waals surface area contributed by atoms with Crippen molar-refractivity contribution >= 4 is 31.4 Å². The van der Waals surface area contributed by atoms with Crippen LogP contribution in [0, 0.1) is 0 Å². The van der Waals surface area contributed by atoms with Gasteiger partial charge in [0.15, 0.2) is 0 Å². The molecule has 0 N–H and O–H groups in total. The number of aryl methyl sites for hydroxylation is 2. The molecule has 58 heavy (non-hydrogen) atoms. The zero-order valence-electron chi connectivity index (χ0n) is 38.6. The molecule has 0 aromatic heterocycles. The van der Waals surface area contributed by atoms with Gasteiger partial charge in [0.05, 0.1) is 0 Å². The van der Waals surface area contributed by atoms with Gasteiger partial charge < -0.3 is 0 Å². The Hall–Kier alpha value is -2.32. The molecule has 4 aromatic rings. The Morgan fingerprint density at radius 2 is 1.03 bits per heavy atom. The van der Waals surface area contributed by atoms with E-state index in [0.29, 0.717) is 0 Å². The standard InChI is InChI=1S/C29H41.C21H26.C5H5.2ClH.Hf/c1-26(2,3)22-14-18-13-19-15-23(27(4,5)6)25(29(10,11)12)17-21(19)20(18)16-24(22)28(7,8)9;1-3-5-7-18-9-13-20(14-10-18)17-21-15-11-19(12-16-21)8-6-4-2;1-2-4-5-3-1;;;/h14,16-17H,13H2,1-12H3;9-16H,3-8H2,1-2H3;1-3H,4H2;2*1H;. The molecule has 312 valence electrons. The van der Waals surface area contributed by atoms with Crippen LogP contribution in [0.3, 0.4) is 0 Å². The molecule has 0 atom stereocenters. The quantitative estimate of drug-likeness (QED) is 0.122. The van der Waals surface area contributed by atoms with Crippen LogP contribution >= 0.6 is 24.8 Å². The van der Waals surface area contributed by atoms with E-state index in [1.54, 1.807) is 26.6 Å². The summed E-state index contributed by atoms with van der Waals surface area (Å²) in [6.45, 7) is 33.9. The molecule has 0 aliphatic heterocycles. The third kappa shape index (κ3) is 10.2. The molecule has 3 heteroatoms. The number of rotatable bonds is 10. The maximum Gasteiger partial charge on any atom is -0.147 e. The van der Waals surface area contributed by atoms with Crippen LogP contribution in [-0.2, 0) is 61.9 Å². The van der Waals surface area contributed by atoms with Gasteiger partial charge in [0, 0.05) is 0 Å². The predicted octanol–water partition coefficient (Wildman–Crippen LogP) is 15.3. The van der Waals surface area contributed by atoms with Crippen LogP contribution in [0.4, 0.5) is 0 Å². The van der Waals surface area contributed by atoms with E-state index in [0.717, 1.165) is 25.7 Å². The topological polar surface area (TPSA) is 0 Å². The molecule has 0 radical (unpaired) electrons. The van der Waals surface area contributed by atoms with Crippen LogP contribution in [-0.4, -0.2) is 3.26 Å². The molecule has 6 rings (SSSR count). The molecule has 0 amide bonds. The maximum absolute atomic E-state index is 3.25. The average Bonchev–Trinajstić information content (AvgIpc) is 3.78. The molecule has 2 aliphatic carbocycles. The van der Waals surface area contributed by atoms with Gasteiger partial charge >= 0.3 is 353 Å². The van der Waals surface area contributed by atoms with Crippen molar-refractivity contribution in [2.24, 2.45) is 0 Å². The predicted molar refractivity (Wildman–Crippen MR) is 259 cm³/mol. The Labute approximate surface area is 374 Å². The summed E-state index contributed by atoms with van der Waals surface area (Å²) in [5.41, 5.74) is 18.2. The second-order valence-corrected chi connectivity index (χ2v) is 29.7. The molecule has 0 spiro atoms. The molecular formula is C55H74Cl2Hf. The molecular weight excluding hydrogens is 910 g/mol. The third-order valence-electron chi connectivity index (χ3n) is 12.2. The van der Waals surface area contributed by atoms with E-state index < -0.39 is 21.0 Å². The number of fused-ring (bicyclic) bond motifs is 3. The molecule has 0 saturated heterocycles. The van der Waals surface area contributed by atoms with E-state index in [4.69, 9.17) is 0 Å². The monoisotopic (exact) mass is 984 g/mol. The molecule has 2 aliphatic rings. The minimum atomic E-state index is -3.25. The van der Waals surface area contributed by atoms with Crippen molar-refractivity contribution in [3.63, 3.8) is 0 Å². The van der Waals surface area contributed by atoms with Crippen molar-refractivity contribution in [3.8, 4) is 11.1 Å². The van der Waals surface area contributed by atoms with E-state index in [2.05, 4.69) is 182 Å². The second-order valence-electron chi connectivity index (χ2n) is 21.1. The van der Waals surface area contributed by atoms with Crippen molar-refractivity contribution in [3.05, 3.63) is 144 Å². The van der Waals surface area contributed by atoms with Gasteiger partial charge in [-0.2, -0.15) is 0 Å². The molecule has 0 fully saturated rings. The Morgan fingerprint density at radius 3 is 1.45 bits per heavy atom. The van der Waals surface area contributed by atoms with Gasteiger partial charge in [0.2, 0.25) is 0 Å². The first kappa shape index (κ1) is 48.3. The largest absolute Gasteiger partial charge is 0.147 e. The van der Waals surface area contributed by atoms with E-state index in [1.165, 1.54) is 75.8 Å². The molecule has 0 saturated carbocycles. The van der Waals surface area contributed by atoms with Crippen LogP contribution in [0.15, 0.2) is 88.3 Å². The fourth-order valence-electron chi connectivity index (χ4n) is 9.24. The van der Waals surface area contributed by atoms with Gasteiger partial charge in [0.25, 0.3) is 0 Å². The molecule has 4 aromatic carbocycles. The number of benzene rings is 4. The minimum Gasteiger partial charge on any atom is -0.147 e. The SMILES string of the molecule is CCCCc1ccc([C](c2ccc(CCCC)cc2)=[Hf]([C]2=CC=CC2)[c]2c3c(cc(C(C)(C)C)c2C(C)(C)C)-c2cc(C(C)(C)C)c(C(C)(C)C)cc2C3)cc1.Cl.Cl. The number of unbranched alkanes of at least 4 members (excludes halogenated alkanes) is 2. The van der Waals surface area contributed by atoms with Gasteiger partial charge in [-0.15, -0.1) is 24.8 Å². The Morgan fingerprint density at radius 1 is 0.569 bits per heavy atom. The van der Waals surface area contributed by atoms with E-state index >= 15 is 0 Å². The number of hydrogen-bond acceptors (Lipinski definition) is 0. The number of halogens is 2. The normalized spacial score (nSPS) is 13.7. The van der Waals surface area contributed by atoms with Crippen molar-refractivity contribution < 1.29 is 21.0 Å². The summed E-state index contributed by atoms with van der Waals surface area (Å²) >= 11 is -3.25. The number of hydrogen-bond donors (Lipinski definition) is 0. The van der Waals surface area contributed by atoms with Crippen molar-refractivity contribution in [1.82, 2.24) is 0 Å². The van der Waals surface area contributed by atoms with Gasteiger partial charge in [-0.25, -0.2) is 0 Å². The summed E-state index contributed by atoms with van der Waals surface area (Å²) in [7, 11) is 0. The van der Waals surface area contributed by atoms with Gasteiger partial charge in [-0.3, -0.25) is 0 Å². The third-order valence-corrected chi connectivity index (χ3v) is 23.5. The van der Waals surface area contributed by atoms with E-state index in [1.807, 2.05) is 0 Å². The van der Waals surface area contributed by atoms with Crippen LogP contribution in [0.5, 0.6) is 0 Å². The summed E-state index contributed by atoms with van der Waals surface area (Å²) in [6, 6.07) is 27.7. The summed E-state index contributed by atoms with van der Waals surface area (Å²) < 4.78 is 5.15. The van der Waals surface area contributed by atoms with E-state index in [-0.39, 0.29) is 46.5 Å². The first-order valence-electron chi connectivity index (χ1n) is 21.9. The van der Waals surface area contributed by atoms with Crippen LogP contribution in [0.25, 0.3) is 11.1 Å². The van der Waals surface area contributed by atoms with Crippen LogP contribution in [0.1, 0.15) is 185 Å². The molecule has 0 bridgehead atoms. The first-order chi connectivity index (χ1) is 26.2. The number of allylic oxidation sites excluding steroid dienone is 4. The second kappa shape index (κ2) is 18.7. The summed E-state index contributed by atoms with van der Waals surface area (Å²) in [5, 5.41) is 0. The van der Waals surface area contributed by atoms with Crippen LogP contribution in [0.2, 0.25) is 0 Å². The smallest absolute Gasteiger partial charge is 0.147 e. The zero-order chi connectivity index (χ0) is 40.8. The van der Waals surface area contributed by atoms with Gasteiger partial charge in [-0.05, 0) is 0 Å². The van der Waals surface area contributed by atoms with Crippen LogP contribution < -0.4 is 3.32 Å². The maximum atomic E-state index is 2.67. The fraction of sp³-hybridized carbons (Fsp3) is 0.473. The molecule has 0 heterocycles. The van der Waals surface area contributed by atoms with Crippen molar-refractivity contribution in [2.45, 2.75) is 170 Å². The van der Waals surface area contributed by atoms with Gasteiger partial charge in [0.1, 0.15) is 0 Å². The summed E-state index contributed by atoms with van der Waals surface area (Å²) in [5.74, 6) is 0. The van der Waals surface area contributed by atoms with Crippen molar-refractivity contribution in [1.29, 1.82) is 0 Å². The Bertz CT molecular complexity index is 2110. The first-order valence-corrected chi connectivity index (χ1v) is 27.3. The Balaban J connectivity index is 0.00000372. The van der Waals surface area contributed by atoms with E-state index in [9.17, 15) is 0 Å². The Kier molecular flexibility index (Phi) is 15.6.